The molecule has 0 unspecified atom stereocenters. The second-order valence-electron chi connectivity index (χ2n) is 7.48. The molecule has 0 aromatic heterocycles. The Morgan fingerprint density at radius 1 is 1.11 bits per heavy atom. The average Bonchev–Trinajstić information content (AvgIpc) is 3.12. The largest absolute Gasteiger partial charge is 0.326 e. The summed E-state index contributed by atoms with van der Waals surface area (Å²) < 4.78 is 0. The highest BCUT2D eigenvalue weighted by molar-refractivity contribution is 6.07. The molecule has 5 nitrogen and oxygen atoms in total. The number of hydrogen-bond acceptors (Lipinski definition) is 3. The fourth-order valence-electron chi connectivity index (χ4n) is 4.02. The monoisotopic (exact) mass is 399 g/mol. The Bertz CT molecular complexity index is 853. The number of benzene rings is 2. The summed E-state index contributed by atoms with van der Waals surface area (Å²) in [5, 5.41) is 6.35. The first-order valence-corrected chi connectivity index (χ1v) is 9.66. The van der Waals surface area contributed by atoms with Gasteiger partial charge in [0.15, 0.2) is 0 Å². The Morgan fingerprint density at radius 3 is 2.61 bits per heavy atom. The van der Waals surface area contributed by atoms with Crippen molar-refractivity contribution in [1.29, 1.82) is 0 Å². The third-order valence-electron chi connectivity index (χ3n) is 5.53. The molecule has 2 aliphatic rings. The highest BCUT2D eigenvalue weighted by Gasteiger charge is 2.26. The third-order valence-corrected chi connectivity index (χ3v) is 5.53. The number of nitrogens with one attached hydrogen (secondary N) is 2. The predicted octanol–water partition coefficient (Wildman–Crippen LogP) is 3.64. The fraction of sp³-hybridized carbons (Fsp3) is 0.364. The van der Waals surface area contributed by atoms with Crippen LogP contribution in [0.1, 0.15) is 35.7 Å². The number of piperidine rings is 1. The lowest BCUT2D eigenvalue weighted by Gasteiger charge is -2.27. The topological polar surface area (TPSA) is 61.4 Å². The molecule has 4 rings (SSSR count). The van der Waals surface area contributed by atoms with E-state index in [-0.39, 0.29) is 30.1 Å². The number of amides is 2. The summed E-state index contributed by atoms with van der Waals surface area (Å²) in [6, 6.07) is 15.6. The van der Waals surface area contributed by atoms with Crippen LogP contribution in [0.15, 0.2) is 48.5 Å². The van der Waals surface area contributed by atoms with Gasteiger partial charge in [0.1, 0.15) is 0 Å². The first-order chi connectivity index (χ1) is 13.1. The van der Waals surface area contributed by atoms with Crippen molar-refractivity contribution in [3.63, 3.8) is 0 Å². The van der Waals surface area contributed by atoms with Crippen LogP contribution >= 0.6 is 12.4 Å². The lowest BCUT2D eigenvalue weighted by Crippen LogP contribution is -2.40. The molecule has 148 valence electrons. The van der Waals surface area contributed by atoms with Crippen LogP contribution in [0.5, 0.6) is 0 Å². The van der Waals surface area contributed by atoms with Gasteiger partial charge in [-0.25, -0.2) is 0 Å². The van der Waals surface area contributed by atoms with Crippen LogP contribution in [0.4, 0.5) is 11.4 Å². The van der Waals surface area contributed by atoms with Crippen LogP contribution in [0.2, 0.25) is 0 Å². The molecule has 2 N–H and O–H groups in total. The minimum atomic E-state index is 0. The summed E-state index contributed by atoms with van der Waals surface area (Å²) >= 11 is 0. The van der Waals surface area contributed by atoms with Crippen molar-refractivity contribution in [3.8, 4) is 0 Å². The van der Waals surface area contributed by atoms with Gasteiger partial charge in [0, 0.05) is 35.4 Å². The van der Waals surface area contributed by atoms with Crippen LogP contribution in [-0.4, -0.2) is 30.9 Å². The predicted molar refractivity (Wildman–Crippen MR) is 114 cm³/mol. The molecule has 0 bridgehead atoms. The maximum atomic E-state index is 12.9. The summed E-state index contributed by atoms with van der Waals surface area (Å²) in [6.45, 7) is 3.70. The highest BCUT2D eigenvalue weighted by Crippen LogP contribution is 2.29. The van der Waals surface area contributed by atoms with E-state index in [2.05, 4.69) is 23.6 Å². The van der Waals surface area contributed by atoms with Crippen molar-refractivity contribution in [2.24, 2.45) is 5.92 Å². The van der Waals surface area contributed by atoms with E-state index in [4.69, 9.17) is 0 Å². The first kappa shape index (κ1) is 20.4. The van der Waals surface area contributed by atoms with Crippen molar-refractivity contribution in [2.75, 3.05) is 23.3 Å². The molecule has 1 fully saturated rings. The number of carbonyl (C=O) groups is 2. The van der Waals surface area contributed by atoms with Crippen LogP contribution in [0, 0.1) is 5.92 Å². The molecule has 0 saturated carbocycles. The lowest BCUT2D eigenvalue weighted by molar-refractivity contribution is -0.120. The van der Waals surface area contributed by atoms with Crippen molar-refractivity contribution in [1.82, 2.24) is 5.32 Å². The Kier molecular flexibility index (Phi) is 6.37. The molecule has 0 radical (unpaired) electrons. The average molecular weight is 400 g/mol. The maximum absolute atomic E-state index is 12.9. The van der Waals surface area contributed by atoms with E-state index in [0.29, 0.717) is 18.2 Å². The van der Waals surface area contributed by atoms with Crippen LogP contribution in [0.25, 0.3) is 0 Å². The molecule has 2 aromatic rings. The van der Waals surface area contributed by atoms with Crippen LogP contribution in [0.3, 0.4) is 0 Å². The molecule has 28 heavy (non-hydrogen) atoms. The van der Waals surface area contributed by atoms with Gasteiger partial charge < -0.3 is 15.5 Å². The number of anilines is 2. The van der Waals surface area contributed by atoms with E-state index in [1.165, 1.54) is 5.56 Å². The molecule has 2 amide bonds. The number of fused-ring (bicyclic) bond motifs is 1. The smallest absolute Gasteiger partial charge is 0.258 e. The van der Waals surface area contributed by atoms with Gasteiger partial charge in [0.2, 0.25) is 5.91 Å². The summed E-state index contributed by atoms with van der Waals surface area (Å²) in [5.41, 5.74) is 3.59. The SMILES string of the molecule is C[C@H]1C[C@@H](C(=O)Nc2ccc(C(=O)N3CCc4ccccc43)cc2)CCN1.Cl. The normalized spacial score (nSPS) is 20.8. The van der Waals surface area contributed by atoms with E-state index in [1.807, 2.05) is 35.2 Å². The zero-order chi connectivity index (χ0) is 18.8. The second-order valence-corrected chi connectivity index (χ2v) is 7.48. The third kappa shape index (κ3) is 4.21. The summed E-state index contributed by atoms with van der Waals surface area (Å²) in [6.07, 6.45) is 2.61. The number of para-hydroxylation sites is 1. The first-order valence-electron chi connectivity index (χ1n) is 9.66. The van der Waals surface area contributed by atoms with Crippen LogP contribution < -0.4 is 15.5 Å². The van der Waals surface area contributed by atoms with Gasteiger partial charge in [-0.1, -0.05) is 18.2 Å². The quantitative estimate of drug-likeness (QED) is 0.828. The van der Waals surface area contributed by atoms with Gasteiger partial charge >= 0.3 is 0 Å². The molecule has 6 heteroatoms. The maximum Gasteiger partial charge on any atom is 0.258 e. The van der Waals surface area contributed by atoms with Crippen molar-refractivity contribution >= 4 is 35.6 Å². The van der Waals surface area contributed by atoms with Crippen molar-refractivity contribution in [3.05, 3.63) is 59.7 Å². The van der Waals surface area contributed by atoms with Crippen LogP contribution in [-0.2, 0) is 11.2 Å². The van der Waals surface area contributed by atoms with Gasteiger partial charge in [-0.15, -0.1) is 12.4 Å². The van der Waals surface area contributed by atoms with E-state index in [9.17, 15) is 9.59 Å². The number of halogens is 1. The van der Waals surface area contributed by atoms with E-state index >= 15 is 0 Å². The molecule has 0 spiro atoms. The number of carbonyl (C=O) groups excluding carboxylic acids is 2. The summed E-state index contributed by atoms with van der Waals surface area (Å²) in [4.78, 5) is 27.2. The fourth-order valence-corrected chi connectivity index (χ4v) is 4.02. The number of hydrogen-bond donors (Lipinski definition) is 2. The molecule has 2 aliphatic heterocycles. The Labute approximate surface area is 171 Å². The Balaban J connectivity index is 0.00000225. The zero-order valence-corrected chi connectivity index (χ0v) is 16.8. The molecule has 2 aromatic carbocycles. The van der Waals surface area contributed by atoms with Gasteiger partial charge in [0.25, 0.3) is 5.91 Å². The molecule has 0 aliphatic carbocycles. The Morgan fingerprint density at radius 2 is 1.86 bits per heavy atom. The standard InChI is InChI=1S/C22H25N3O2.ClH/c1-15-14-18(10-12-23-15)21(26)24-19-8-6-17(7-9-19)22(27)25-13-11-16-4-2-3-5-20(16)25;/h2-9,15,18,23H,10-14H2,1H3,(H,24,26);1H/t15-,18-;/m0./s1. The van der Waals surface area contributed by atoms with Gasteiger partial charge in [-0.2, -0.15) is 0 Å². The number of rotatable bonds is 3. The van der Waals surface area contributed by atoms with Crippen molar-refractivity contribution in [2.45, 2.75) is 32.2 Å². The van der Waals surface area contributed by atoms with Gasteiger partial charge in [-0.3, -0.25) is 9.59 Å². The molecule has 2 atom stereocenters. The van der Waals surface area contributed by atoms with Crippen molar-refractivity contribution < 1.29 is 9.59 Å². The van der Waals surface area contributed by atoms with E-state index < -0.39 is 0 Å². The highest BCUT2D eigenvalue weighted by atomic mass is 35.5. The Hall–Kier alpha value is -2.37. The van der Waals surface area contributed by atoms with E-state index in [0.717, 1.165) is 37.2 Å². The van der Waals surface area contributed by atoms with E-state index in [1.54, 1.807) is 12.1 Å². The molecule has 1 saturated heterocycles. The lowest BCUT2D eigenvalue weighted by atomic mass is 9.92. The van der Waals surface area contributed by atoms with Gasteiger partial charge in [-0.05, 0) is 68.6 Å². The zero-order valence-electron chi connectivity index (χ0n) is 16.0. The summed E-state index contributed by atoms with van der Waals surface area (Å²) in [5.74, 6) is 0.115. The summed E-state index contributed by atoms with van der Waals surface area (Å²) in [7, 11) is 0. The molecular formula is C22H26ClN3O2. The minimum absolute atomic E-state index is 0. The number of nitrogens with zero attached hydrogens (tertiary/aromatic N) is 1. The molecule has 2 heterocycles. The second kappa shape index (κ2) is 8.76. The van der Waals surface area contributed by atoms with Gasteiger partial charge in [0.05, 0.1) is 0 Å². The minimum Gasteiger partial charge on any atom is -0.326 e. The molecular weight excluding hydrogens is 374 g/mol.